The molecule has 0 heterocycles. The number of rotatable bonds is 10. The fourth-order valence-corrected chi connectivity index (χ4v) is 1.20. The van der Waals surface area contributed by atoms with Crippen molar-refractivity contribution in [3.05, 3.63) is 0 Å². The lowest BCUT2D eigenvalue weighted by molar-refractivity contribution is 0.161. The first kappa shape index (κ1) is 15.2. The van der Waals surface area contributed by atoms with E-state index in [2.05, 4.69) is 22.4 Å². The molecular formula is C10H24N4O2. The minimum Gasteiger partial charge on any atom is -0.409 e. The zero-order valence-corrected chi connectivity index (χ0v) is 10.3. The number of nitrogens with two attached hydrogens (primary N) is 1. The summed E-state index contributed by atoms with van der Waals surface area (Å²) in [5, 5.41) is 14.5. The summed E-state index contributed by atoms with van der Waals surface area (Å²) < 4.78 is 4.98. The highest BCUT2D eigenvalue weighted by atomic mass is 16.5. The van der Waals surface area contributed by atoms with E-state index in [0.29, 0.717) is 12.3 Å². The Morgan fingerprint density at radius 3 is 2.81 bits per heavy atom. The second-order valence-corrected chi connectivity index (χ2v) is 3.74. The maximum Gasteiger partial charge on any atom is 0.139 e. The van der Waals surface area contributed by atoms with Gasteiger partial charge in [-0.05, 0) is 20.0 Å². The van der Waals surface area contributed by atoms with Gasteiger partial charge in [0.15, 0.2) is 0 Å². The highest BCUT2D eigenvalue weighted by Gasteiger charge is 1.97. The van der Waals surface area contributed by atoms with Crippen LogP contribution in [0.1, 0.15) is 12.8 Å². The lowest BCUT2D eigenvalue weighted by Gasteiger charge is -2.16. The van der Waals surface area contributed by atoms with Crippen LogP contribution in [-0.4, -0.2) is 62.9 Å². The fourth-order valence-electron chi connectivity index (χ4n) is 1.20. The molecule has 16 heavy (non-hydrogen) atoms. The van der Waals surface area contributed by atoms with Crippen molar-refractivity contribution in [2.45, 2.75) is 12.8 Å². The highest BCUT2D eigenvalue weighted by Crippen LogP contribution is 1.86. The molecule has 0 amide bonds. The molecule has 0 aromatic heterocycles. The Kier molecular flexibility index (Phi) is 10.1. The molecular weight excluding hydrogens is 208 g/mol. The zero-order valence-electron chi connectivity index (χ0n) is 10.3. The smallest absolute Gasteiger partial charge is 0.139 e. The average molecular weight is 232 g/mol. The summed E-state index contributed by atoms with van der Waals surface area (Å²) in [6, 6.07) is 0. The number of hydrogen-bond donors (Lipinski definition) is 3. The second-order valence-electron chi connectivity index (χ2n) is 3.74. The van der Waals surface area contributed by atoms with Crippen LogP contribution < -0.4 is 11.1 Å². The van der Waals surface area contributed by atoms with Gasteiger partial charge in [-0.25, -0.2) is 0 Å². The standard InChI is InChI=1S/C10H24N4O2/c1-14(8-9-16-2)7-6-12-5-3-4-10(11)13-15/h12,15H,3-9H2,1-2H3,(H2,11,13). The topological polar surface area (TPSA) is 83.1 Å². The fraction of sp³-hybridized carbons (Fsp3) is 0.900. The van der Waals surface area contributed by atoms with E-state index in [9.17, 15) is 0 Å². The molecule has 0 saturated heterocycles. The molecule has 6 nitrogen and oxygen atoms in total. The van der Waals surface area contributed by atoms with Gasteiger partial charge in [-0.1, -0.05) is 5.16 Å². The van der Waals surface area contributed by atoms with E-state index in [0.717, 1.165) is 39.2 Å². The largest absolute Gasteiger partial charge is 0.409 e. The summed E-state index contributed by atoms with van der Waals surface area (Å²) in [7, 11) is 3.77. The molecule has 0 aliphatic rings. The molecule has 0 fully saturated rings. The SMILES string of the molecule is COCCN(C)CCNCCCC(N)=NO. The van der Waals surface area contributed by atoms with Crippen LogP contribution in [0, 0.1) is 0 Å². The van der Waals surface area contributed by atoms with Crippen molar-refractivity contribution in [2.24, 2.45) is 10.9 Å². The number of amidine groups is 1. The predicted molar refractivity (Wildman–Crippen MR) is 64.9 cm³/mol. The van der Waals surface area contributed by atoms with Gasteiger partial charge in [0, 0.05) is 33.2 Å². The monoisotopic (exact) mass is 232 g/mol. The van der Waals surface area contributed by atoms with Gasteiger partial charge in [-0.2, -0.15) is 0 Å². The molecule has 0 aliphatic heterocycles. The van der Waals surface area contributed by atoms with Crippen LogP contribution >= 0.6 is 0 Å². The number of nitrogens with zero attached hydrogens (tertiary/aromatic N) is 2. The molecule has 4 N–H and O–H groups in total. The Balaban J connectivity index is 3.20. The van der Waals surface area contributed by atoms with E-state index in [4.69, 9.17) is 15.7 Å². The quantitative estimate of drug-likeness (QED) is 0.158. The van der Waals surface area contributed by atoms with Gasteiger partial charge in [-0.15, -0.1) is 0 Å². The minimum absolute atomic E-state index is 0.291. The summed E-state index contributed by atoms with van der Waals surface area (Å²) in [5.74, 6) is 0.291. The number of ether oxygens (including phenoxy) is 1. The van der Waals surface area contributed by atoms with Gasteiger partial charge in [0.05, 0.1) is 6.61 Å². The molecule has 0 aliphatic carbocycles. The first-order valence-electron chi connectivity index (χ1n) is 5.55. The van der Waals surface area contributed by atoms with E-state index in [1.165, 1.54) is 0 Å². The third-order valence-electron chi connectivity index (χ3n) is 2.26. The molecule has 96 valence electrons. The third kappa shape index (κ3) is 9.70. The Morgan fingerprint density at radius 1 is 1.44 bits per heavy atom. The maximum atomic E-state index is 8.32. The Bertz CT molecular complexity index is 188. The number of nitrogens with one attached hydrogen (secondary N) is 1. The summed E-state index contributed by atoms with van der Waals surface area (Å²) in [5.41, 5.74) is 5.34. The number of hydrogen-bond acceptors (Lipinski definition) is 5. The molecule has 6 heteroatoms. The Hall–Kier alpha value is -0.850. The molecule has 0 saturated carbocycles. The Labute approximate surface area is 97.4 Å². The van der Waals surface area contributed by atoms with Gasteiger partial charge in [0.25, 0.3) is 0 Å². The van der Waals surface area contributed by atoms with E-state index < -0.39 is 0 Å². The van der Waals surface area contributed by atoms with Crippen molar-refractivity contribution in [3.8, 4) is 0 Å². The molecule has 0 rings (SSSR count). The van der Waals surface area contributed by atoms with Crippen LogP contribution in [0.25, 0.3) is 0 Å². The lowest BCUT2D eigenvalue weighted by Crippen LogP contribution is -2.32. The van der Waals surface area contributed by atoms with Gasteiger partial charge < -0.3 is 25.9 Å². The minimum atomic E-state index is 0.291. The van der Waals surface area contributed by atoms with Crippen molar-refractivity contribution in [1.82, 2.24) is 10.2 Å². The summed E-state index contributed by atoms with van der Waals surface area (Å²) >= 11 is 0. The average Bonchev–Trinajstić information content (AvgIpc) is 2.30. The zero-order chi connectivity index (χ0) is 12.2. The first-order chi connectivity index (χ1) is 7.70. The molecule has 0 unspecified atom stereocenters. The molecule has 0 aromatic rings. The molecule has 0 spiro atoms. The van der Waals surface area contributed by atoms with Crippen LogP contribution in [0.3, 0.4) is 0 Å². The third-order valence-corrected chi connectivity index (χ3v) is 2.26. The van der Waals surface area contributed by atoms with Crippen LogP contribution in [0.5, 0.6) is 0 Å². The molecule has 0 atom stereocenters. The van der Waals surface area contributed by atoms with E-state index in [-0.39, 0.29) is 0 Å². The summed E-state index contributed by atoms with van der Waals surface area (Å²) in [6.45, 7) is 4.53. The molecule has 0 aromatic carbocycles. The number of methoxy groups -OCH3 is 1. The number of oxime groups is 1. The molecule has 0 bridgehead atoms. The van der Waals surface area contributed by atoms with E-state index in [1.54, 1.807) is 7.11 Å². The van der Waals surface area contributed by atoms with Crippen molar-refractivity contribution in [1.29, 1.82) is 0 Å². The normalized spacial score (nSPS) is 12.3. The van der Waals surface area contributed by atoms with Crippen LogP contribution in [-0.2, 0) is 4.74 Å². The maximum absolute atomic E-state index is 8.32. The predicted octanol–water partition coefficient (Wildman–Crippen LogP) is -0.319. The van der Waals surface area contributed by atoms with Crippen LogP contribution in [0.4, 0.5) is 0 Å². The second kappa shape index (κ2) is 10.7. The lowest BCUT2D eigenvalue weighted by atomic mass is 10.3. The van der Waals surface area contributed by atoms with Crippen LogP contribution in [0.2, 0.25) is 0 Å². The highest BCUT2D eigenvalue weighted by molar-refractivity contribution is 5.79. The van der Waals surface area contributed by atoms with Crippen LogP contribution in [0.15, 0.2) is 5.16 Å². The van der Waals surface area contributed by atoms with Crippen molar-refractivity contribution >= 4 is 5.84 Å². The number of likely N-dealkylation sites (N-methyl/N-ethyl adjacent to an activating group) is 1. The summed E-state index contributed by atoms with van der Waals surface area (Å²) in [4.78, 5) is 2.21. The van der Waals surface area contributed by atoms with Crippen molar-refractivity contribution < 1.29 is 9.94 Å². The van der Waals surface area contributed by atoms with Gasteiger partial charge in [-0.3, -0.25) is 0 Å². The Morgan fingerprint density at radius 2 is 2.19 bits per heavy atom. The van der Waals surface area contributed by atoms with E-state index in [1.807, 2.05) is 0 Å². The van der Waals surface area contributed by atoms with Gasteiger partial charge >= 0.3 is 0 Å². The van der Waals surface area contributed by atoms with Crippen molar-refractivity contribution in [2.75, 3.05) is 46.9 Å². The summed E-state index contributed by atoms with van der Waals surface area (Å²) in [6.07, 6.45) is 1.51. The van der Waals surface area contributed by atoms with Gasteiger partial charge in [0.1, 0.15) is 5.84 Å². The van der Waals surface area contributed by atoms with E-state index >= 15 is 0 Å². The molecule has 0 radical (unpaired) electrons. The van der Waals surface area contributed by atoms with Crippen molar-refractivity contribution in [3.63, 3.8) is 0 Å². The first-order valence-corrected chi connectivity index (χ1v) is 5.55. The van der Waals surface area contributed by atoms with Gasteiger partial charge in [0.2, 0.25) is 0 Å².